The van der Waals surface area contributed by atoms with Gasteiger partial charge >= 0.3 is 0 Å². The molecule has 2 rings (SSSR count). The molecule has 1 heterocycles. The van der Waals surface area contributed by atoms with Crippen LogP contribution in [0.1, 0.15) is 12.0 Å². The average molecular weight is 285 g/mol. The average Bonchev–Trinajstić information content (AvgIpc) is 2.54. The van der Waals surface area contributed by atoms with Gasteiger partial charge in [-0.1, -0.05) is 30.3 Å². The summed E-state index contributed by atoms with van der Waals surface area (Å²) in [5.74, 6) is 0.137. The normalized spacial score (nSPS) is 11.7. The van der Waals surface area contributed by atoms with Crippen LogP contribution in [0.15, 0.2) is 48.7 Å². The Hall–Kier alpha value is -2.40. The van der Waals surface area contributed by atoms with Crippen molar-refractivity contribution < 1.29 is 9.53 Å². The Bertz CT molecular complexity index is 587. The van der Waals surface area contributed by atoms with E-state index in [1.165, 1.54) is 12.7 Å². The van der Waals surface area contributed by atoms with Gasteiger partial charge in [0.1, 0.15) is 5.69 Å². The summed E-state index contributed by atoms with van der Waals surface area (Å²) >= 11 is 0. The lowest BCUT2D eigenvalue weighted by molar-refractivity contribution is -0.117. The summed E-state index contributed by atoms with van der Waals surface area (Å²) in [6.45, 7) is 0. The first-order valence-electron chi connectivity index (χ1n) is 6.80. The molecule has 1 aromatic carbocycles. The summed E-state index contributed by atoms with van der Waals surface area (Å²) in [5.41, 5.74) is 7.63. The molecule has 0 bridgehead atoms. The van der Waals surface area contributed by atoms with E-state index < -0.39 is 6.04 Å². The number of rotatable bonds is 6. The first kappa shape index (κ1) is 15.0. The molecule has 1 atom stereocenters. The van der Waals surface area contributed by atoms with E-state index >= 15 is 0 Å². The molecular weight excluding hydrogens is 266 g/mol. The monoisotopic (exact) mass is 285 g/mol. The summed E-state index contributed by atoms with van der Waals surface area (Å²) in [4.78, 5) is 16.1. The maximum atomic E-state index is 12.1. The number of nitrogens with one attached hydrogen (secondary N) is 1. The van der Waals surface area contributed by atoms with Gasteiger partial charge in [0, 0.05) is 6.20 Å². The van der Waals surface area contributed by atoms with Crippen molar-refractivity contribution in [2.45, 2.75) is 18.9 Å². The number of carbonyl (C=O) groups excluding carboxylic acids is 1. The van der Waals surface area contributed by atoms with E-state index in [1.54, 1.807) is 18.3 Å². The molecule has 110 valence electrons. The first-order valence-corrected chi connectivity index (χ1v) is 6.80. The summed E-state index contributed by atoms with van der Waals surface area (Å²) in [6.07, 6.45) is 2.95. The molecule has 0 saturated heterocycles. The van der Waals surface area contributed by atoms with E-state index in [0.29, 0.717) is 18.0 Å². The zero-order valence-electron chi connectivity index (χ0n) is 12.0. The number of benzene rings is 1. The Morgan fingerprint density at radius 1 is 1.29 bits per heavy atom. The van der Waals surface area contributed by atoms with Gasteiger partial charge in [0.15, 0.2) is 0 Å². The molecule has 3 N–H and O–H groups in total. The molecule has 0 aliphatic carbocycles. The largest absolute Gasteiger partial charge is 0.480 e. The molecule has 5 nitrogen and oxygen atoms in total. The lowest BCUT2D eigenvalue weighted by Gasteiger charge is -2.13. The molecule has 0 radical (unpaired) electrons. The summed E-state index contributed by atoms with van der Waals surface area (Å²) in [7, 11) is 1.51. The minimum Gasteiger partial charge on any atom is -0.480 e. The molecule has 0 unspecified atom stereocenters. The van der Waals surface area contributed by atoms with Crippen LogP contribution in [0.5, 0.6) is 5.88 Å². The zero-order valence-corrected chi connectivity index (χ0v) is 12.0. The predicted octanol–water partition coefficient (Wildman–Crippen LogP) is 1.99. The Balaban J connectivity index is 1.90. The predicted molar refractivity (Wildman–Crippen MR) is 82.2 cm³/mol. The maximum absolute atomic E-state index is 12.1. The van der Waals surface area contributed by atoms with Crippen molar-refractivity contribution in [1.82, 2.24) is 4.98 Å². The van der Waals surface area contributed by atoms with Crippen LogP contribution in [0.3, 0.4) is 0 Å². The van der Waals surface area contributed by atoms with E-state index in [-0.39, 0.29) is 5.91 Å². The van der Waals surface area contributed by atoms with E-state index in [9.17, 15) is 4.79 Å². The number of hydrogen-bond donors (Lipinski definition) is 2. The highest BCUT2D eigenvalue weighted by molar-refractivity contribution is 5.95. The van der Waals surface area contributed by atoms with Crippen LogP contribution < -0.4 is 15.8 Å². The van der Waals surface area contributed by atoms with Gasteiger partial charge in [-0.25, -0.2) is 4.98 Å². The first-order chi connectivity index (χ1) is 10.2. The fourth-order valence-electron chi connectivity index (χ4n) is 1.97. The van der Waals surface area contributed by atoms with E-state index in [2.05, 4.69) is 10.3 Å². The van der Waals surface area contributed by atoms with Crippen molar-refractivity contribution in [3.05, 3.63) is 54.2 Å². The number of carbonyl (C=O) groups is 1. The van der Waals surface area contributed by atoms with E-state index in [4.69, 9.17) is 10.5 Å². The van der Waals surface area contributed by atoms with Crippen LogP contribution >= 0.6 is 0 Å². The van der Waals surface area contributed by atoms with Gasteiger partial charge in [0.25, 0.3) is 0 Å². The van der Waals surface area contributed by atoms with Crippen molar-refractivity contribution in [3.8, 4) is 5.88 Å². The van der Waals surface area contributed by atoms with Gasteiger partial charge in [0.2, 0.25) is 11.8 Å². The zero-order chi connectivity index (χ0) is 15.1. The van der Waals surface area contributed by atoms with Crippen molar-refractivity contribution in [1.29, 1.82) is 0 Å². The van der Waals surface area contributed by atoms with Crippen LogP contribution in [-0.4, -0.2) is 24.0 Å². The number of methoxy groups -OCH3 is 1. The lowest BCUT2D eigenvalue weighted by Crippen LogP contribution is -2.36. The lowest BCUT2D eigenvalue weighted by atomic mass is 10.1. The van der Waals surface area contributed by atoms with Gasteiger partial charge in [0.05, 0.1) is 13.2 Å². The second-order valence-corrected chi connectivity index (χ2v) is 4.68. The molecule has 1 amide bonds. The van der Waals surface area contributed by atoms with Gasteiger partial charge < -0.3 is 15.8 Å². The van der Waals surface area contributed by atoms with Crippen LogP contribution in [0.25, 0.3) is 0 Å². The van der Waals surface area contributed by atoms with Gasteiger partial charge in [-0.05, 0) is 30.5 Å². The standard InChI is InChI=1S/C16H19N3O2/c1-21-16-14(8-5-11-18-16)19-15(20)13(17)10-9-12-6-3-2-4-7-12/h2-8,11,13H,9-10,17H2,1H3,(H,19,20)/t13-/m0/s1. The number of anilines is 1. The minimum absolute atomic E-state index is 0.239. The fraction of sp³-hybridized carbons (Fsp3) is 0.250. The quantitative estimate of drug-likeness (QED) is 0.851. The molecule has 0 aliphatic heterocycles. The Morgan fingerprint density at radius 3 is 2.76 bits per heavy atom. The third-order valence-corrected chi connectivity index (χ3v) is 3.15. The molecule has 0 aliphatic rings. The SMILES string of the molecule is COc1ncccc1NC(=O)[C@@H](N)CCc1ccccc1. The van der Waals surface area contributed by atoms with Gasteiger partial charge in [-0.3, -0.25) is 4.79 Å². The van der Waals surface area contributed by atoms with Crippen molar-refractivity contribution in [2.75, 3.05) is 12.4 Å². The number of nitrogens with two attached hydrogens (primary N) is 1. The Kier molecular flexibility index (Phi) is 5.29. The third-order valence-electron chi connectivity index (χ3n) is 3.15. The highest BCUT2D eigenvalue weighted by atomic mass is 16.5. The topological polar surface area (TPSA) is 77.2 Å². The Labute approximate surface area is 124 Å². The highest BCUT2D eigenvalue weighted by Crippen LogP contribution is 2.20. The number of aromatic nitrogens is 1. The molecule has 2 aromatic rings. The van der Waals surface area contributed by atoms with Crippen molar-refractivity contribution >= 4 is 11.6 Å². The van der Waals surface area contributed by atoms with Crippen molar-refractivity contribution in [3.63, 3.8) is 0 Å². The number of pyridine rings is 1. The van der Waals surface area contributed by atoms with E-state index in [1.807, 2.05) is 30.3 Å². The van der Waals surface area contributed by atoms with Crippen LogP contribution in [0.2, 0.25) is 0 Å². The number of nitrogens with zero attached hydrogens (tertiary/aromatic N) is 1. The second-order valence-electron chi connectivity index (χ2n) is 4.68. The Morgan fingerprint density at radius 2 is 2.05 bits per heavy atom. The summed E-state index contributed by atoms with van der Waals surface area (Å²) < 4.78 is 5.09. The molecular formula is C16H19N3O2. The van der Waals surface area contributed by atoms with Gasteiger partial charge in [-0.15, -0.1) is 0 Å². The van der Waals surface area contributed by atoms with Crippen LogP contribution in [0.4, 0.5) is 5.69 Å². The van der Waals surface area contributed by atoms with E-state index in [0.717, 1.165) is 6.42 Å². The highest BCUT2D eigenvalue weighted by Gasteiger charge is 2.15. The number of hydrogen-bond acceptors (Lipinski definition) is 4. The molecule has 0 fully saturated rings. The molecule has 5 heteroatoms. The molecule has 21 heavy (non-hydrogen) atoms. The number of aryl methyl sites for hydroxylation is 1. The maximum Gasteiger partial charge on any atom is 0.241 e. The number of amides is 1. The van der Waals surface area contributed by atoms with Crippen LogP contribution in [0, 0.1) is 0 Å². The van der Waals surface area contributed by atoms with Crippen LogP contribution in [-0.2, 0) is 11.2 Å². The third kappa shape index (κ3) is 4.29. The smallest absolute Gasteiger partial charge is 0.241 e. The second kappa shape index (κ2) is 7.40. The van der Waals surface area contributed by atoms with Gasteiger partial charge in [-0.2, -0.15) is 0 Å². The minimum atomic E-state index is -0.574. The number of ether oxygens (including phenoxy) is 1. The molecule has 1 aromatic heterocycles. The summed E-state index contributed by atoms with van der Waals surface area (Å²) in [5, 5.41) is 2.75. The summed E-state index contributed by atoms with van der Waals surface area (Å²) in [6, 6.07) is 12.8. The molecule has 0 saturated carbocycles. The fourth-order valence-corrected chi connectivity index (χ4v) is 1.97. The van der Waals surface area contributed by atoms with Crippen molar-refractivity contribution in [2.24, 2.45) is 5.73 Å². The molecule has 0 spiro atoms.